The van der Waals surface area contributed by atoms with E-state index in [9.17, 15) is 17.6 Å². The van der Waals surface area contributed by atoms with Crippen molar-refractivity contribution in [3.63, 3.8) is 0 Å². The molecule has 1 aromatic carbocycles. The molecule has 168 valence electrons. The Morgan fingerprint density at radius 1 is 1.16 bits per heavy atom. The van der Waals surface area contributed by atoms with Crippen LogP contribution in [0.15, 0.2) is 33.7 Å². The lowest BCUT2D eigenvalue weighted by Gasteiger charge is -2.35. The van der Waals surface area contributed by atoms with Gasteiger partial charge in [0.05, 0.1) is 17.0 Å². The van der Waals surface area contributed by atoms with Crippen molar-refractivity contribution < 1.29 is 22.1 Å². The minimum atomic E-state index is -3.71. The third-order valence-corrected chi connectivity index (χ3v) is 7.95. The van der Waals surface area contributed by atoms with E-state index in [1.807, 2.05) is 0 Å². The molecule has 0 atom stereocenters. The van der Waals surface area contributed by atoms with Gasteiger partial charge >= 0.3 is 0 Å². The topological polar surface area (TPSA) is 109 Å². The maximum atomic E-state index is 13.1. The van der Waals surface area contributed by atoms with Crippen LogP contribution in [0.25, 0.3) is 0 Å². The van der Waals surface area contributed by atoms with Crippen LogP contribution in [-0.2, 0) is 20.4 Å². The lowest BCUT2D eigenvalue weighted by Crippen LogP contribution is -2.54. The molecule has 0 spiro atoms. The van der Waals surface area contributed by atoms with Crippen molar-refractivity contribution in [1.29, 1.82) is 0 Å². The Morgan fingerprint density at radius 3 is 2.39 bits per heavy atom. The number of nitrogens with one attached hydrogen (secondary N) is 1. The zero-order chi connectivity index (χ0) is 22.1. The molecule has 1 N–H and O–H groups in total. The number of nitrogens with zero attached hydrogens (tertiary/aromatic N) is 4. The Bertz CT molecular complexity index is 1030. The summed E-state index contributed by atoms with van der Waals surface area (Å²) in [6.07, 6.45) is 3.72. The summed E-state index contributed by atoms with van der Waals surface area (Å²) in [6, 6.07) is 4.77. The number of halogens is 1. The molecule has 4 rings (SSSR count). The number of carbonyl (C=O) groups is 1. The molecule has 2 aliphatic rings. The van der Waals surface area contributed by atoms with Crippen molar-refractivity contribution >= 4 is 15.9 Å². The first kappa shape index (κ1) is 21.8. The van der Waals surface area contributed by atoms with Crippen molar-refractivity contribution in [3.05, 3.63) is 41.8 Å². The number of rotatable bonds is 6. The second kappa shape index (κ2) is 8.64. The molecule has 2 heterocycles. The fourth-order valence-electron chi connectivity index (χ4n) is 4.24. The predicted molar refractivity (Wildman–Crippen MR) is 109 cm³/mol. The average molecular weight is 452 g/mol. The summed E-state index contributed by atoms with van der Waals surface area (Å²) >= 11 is 0. The van der Waals surface area contributed by atoms with Gasteiger partial charge in [-0.2, -0.15) is 9.29 Å². The van der Waals surface area contributed by atoms with E-state index in [2.05, 4.69) is 15.5 Å². The highest BCUT2D eigenvalue weighted by Gasteiger charge is 2.40. The van der Waals surface area contributed by atoms with Gasteiger partial charge < -0.3 is 9.42 Å². The Labute approximate surface area is 180 Å². The lowest BCUT2D eigenvalue weighted by molar-refractivity contribution is -0.131. The Kier molecular flexibility index (Phi) is 6.09. The molecule has 0 bridgehead atoms. The summed E-state index contributed by atoms with van der Waals surface area (Å²) in [6.45, 7) is 2.86. The van der Waals surface area contributed by atoms with Gasteiger partial charge in [0.15, 0.2) is 5.82 Å². The zero-order valence-corrected chi connectivity index (χ0v) is 18.2. The van der Waals surface area contributed by atoms with Gasteiger partial charge in [-0.15, -0.1) is 0 Å². The van der Waals surface area contributed by atoms with E-state index in [1.54, 1.807) is 11.8 Å². The fraction of sp³-hybridized carbons (Fsp3) is 0.550. The van der Waals surface area contributed by atoms with Crippen molar-refractivity contribution in [2.24, 2.45) is 0 Å². The van der Waals surface area contributed by atoms with E-state index in [0.717, 1.165) is 37.8 Å². The summed E-state index contributed by atoms with van der Waals surface area (Å²) in [4.78, 5) is 18.9. The highest BCUT2D eigenvalue weighted by atomic mass is 32.2. The van der Waals surface area contributed by atoms with Crippen LogP contribution in [0.3, 0.4) is 0 Å². The normalized spacial score (nSPS) is 19.6. The minimum absolute atomic E-state index is 0.0499. The second-order valence-corrected chi connectivity index (χ2v) is 9.96. The smallest absolute Gasteiger partial charge is 0.243 e. The summed E-state index contributed by atoms with van der Waals surface area (Å²) in [7, 11) is -3.71. The standard InChI is InChI=1S/C20H26FN5O4S/c1-15-23-19(24-30-15)20(8-2-3-9-20)22-14-18(27)25-10-12-26(13-11-25)31(28,29)17-6-4-16(21)5-7-17/h4-7,22H,2-3,8-14H2,1H3. The number of aromatic nitrogens is 2. The molecule has 31 heavy (non-hydrogen) atoms. The number of amides is 1. The predicted octanol–water partition coefficient (Wildman–Crippen LogP) is 1.41. The zero-order valence-electron chi connectivity index (χ0n) is 17.4. The van der Waals surface area contributed by atoms with Crippen molar-refractivity contribution in [2.75, 3.05) is 32.7 Å². The molecule has 9 nitrogen and oxygen atoms in total. The summed E-state index contributed by atoms with van der Waals surface area (Å²) in [5.41, 5.74) is -0.457. The molecule has 2 aromatic rings. The number of benzene rings is 1. The first-order chi connectivity index (χ1) is 14.8. The molecule has 1 saturated carbocycles. The third-order valence-electron chi connectivity index (χ3n) is 6.03. The third kappa shape index (κ3) is 4.48. The van der Waals surface area contributed by atoms with Gasteiger partial charge in [-0.05, 0) is 37.1 Å². The first-order valence-electron chi connectivity index (χ1n) is 10.4. The number of sulfonamides is 1. The van der Waals surface area contributed by atoms with Crippen LogP contribution in [0.2, 0.25) is 0 Å². The monoisotopic (exact) mass is 451 g/mol. The second-order valence-electron chi connectivity index (χ2n) is 8.02. The van der Waals surface area contributed by atoms with Gasteiger partial charge in [-0.25, -0.2) is 12.8 Å². The Morgan fingerprint density at radius 2 is 1.81 bits per heavy atom. The van der Waals surface area contributed by atoms with Crippen molar-refractivity contribution in [1.82, 2.24) is 24.7 Å². The Balaban J connectivity index is 1.34. The van der Waals surface area contributed by atoms with E-state index >= 15 is 0 Å². The number of hydrogen-bond acceptors (Lipinski definition) is 7. The highest BCUT2D eigenvalue weighted by molar-refractivity contribution is 7.89. The van der Waals surface area contributed by atoms with Gasteiger partial charge in [0.25, 0.3) is 0 Å². The molecule has 1 aliphatic heterocycles. The van der Waals surface area contributed by atoms with Crippen LogP contribution in [0, 0.1) is 12.7 Å². The molecule has 11 heteroatoms. The van der Waals surface area contributed by atoms with E-state index in [4.69, 9.17) is 4.52 Å². The van der Waals surface area contributed by atoms with Crippen LogP contribution in [-0.4, -0.2) is 66.4 Å². The van der Waals surface area contributed by atoms with Crippen LogP contribution in [0.5, 0.6) is 0 Å². The van der Waals surface area contributed by atoms with Gasteiger partial charge in [0.1, 0.15) is 5.82 Å². The van der Waals surface area contributed by atoms with Crippen LogP contribution in [0.4, 0.5) is 4.39 Å². The summed E-state index contributed by atoms with van der Waals surface area (Å²) in [5, 5.41) is 7.41. The van der Waals surface area contributed by atoms with E-state index in [0.29, 0.717) is 24.8 Å². The fourth-order valence-corrected chi connectivity index (χ4v) is 5.66. The molecule has 1 aliphatic carbocycles. The van der Waals surface area contributed by atoms with Gasteiger partial charge in [0, 0.05) is 33.1 Å². The SMILES string of the molecule is Cc1nc(C2(NCC(=O)N3CCN(S(=O)(=O)c4ccc(F)cc4)CC3)CCCC2)no1. The van der Waals surface area contributed by atoms with Gasteiger partial charge in [-0.1, -0.05) is 18.0 Å². The molecule has 1 saturated heterocycles. The van der Waals surface area contributed by atoms with Crippen molar-refractivity contribution in [3.8, 4) is 0 Å². The molecule has 1 aromatic heterocycles. The van der Waals surface area contributed by atoms with Crippen LogP contribution >= 0.6 is 0 Å². The van der Waals surface area contributed by atoms with Gasteiger partial charge in [0.2, 0.25) is 21.8 Å². The quantitative estimate of drug-likeness (QED) is 0.707. The number of hydrogen-bond donors (Lipinski definition) is 1. The molecule has 0 unspecified atom stereocenters. The van der Waals surface area contributed by atoms with Crippen LogP contribution < -0.4 is 5.32 Å². The average Bonchev–Trinajstić information content (AvgIpc) is 3.42. The summed E-state index contributed by atoms with van der Waals surface area (Å²) in [5.74, 6) is 0.501. The molecular formula is C20H26FN5O4S. The molecule has 0 radical (unpaired) electrons. The van der Waals surface area contributed by atoms with E-state index in [1.165, 1.54) is 16.4 Å². The van der Waals surface area contributed by atoms with Crippen LogP contribution in [0.1, 0.15) is 37.4 Å². The minimum Gasteiger partial charge on any atom is -0.340 e. The largest absolute Gasteiger partial charge is 0.340 e. The van der Waals surface area contributed by atoms with Crippen molar-refractivity contribution in [2.45, 2.75) is 43.0 Å². The lowest BCUT2D eigenvalue weighted by atomic mass is 9.96. The molecule has 1 amide bonds. The van der Waals surface area contributed by atoms with Gasteiger partial charge in [-0.3, -0.25) is 10.1 Å². The maximum Gasteiger partial charge on any atom is 0.243 e. The Hall–Kier alpha value is -2.37. The first-order valence-corrected chi connectivity index (χ1v) is 11.8. The molecular weight excluding hydrogens is 425 g/mol. The number of aryl methyl sites for hydroxylation is 1. The number of piperazine rings is 1. The summed E-state index contributed by atoms with van der Waals surface area (Å²) < 4.78 is 45.1. The molecule has 2 fully saturated rings. The number of carbonyl (C=O) groups excluding carboxylic acids is 1. The van der Waals surface area contributed by atoms with E-state index < -0.39 is 21.4 Å². The van der Waals surface area contributed by atoms with E-state index in [-0.39, 0.29) is 30.4 Å². The maximum absolute atomic E-state index is 13.1. The highest BCUT2D eigenvalue weighted by Crippen LogP contribution is 2.37.